The fourth-order valence-electron chi connectivity index (χ4n) is 1.61. The molecule has 0 aromatic rings. The molecule has 92 valence electrons. The van der Waals surface area contributed by atoms with Crippen LogP contribution in [0.25, 0.3) is 0 Å². The summed E-state index contributed by atoms with van der Waals surface area (Å²) in [5.41, 5.74) is 0. The molecule has 0 spiro atoms. The standard InChI is InChI=1S/C10H18N2O3S/c1-3-12(4-2)10(13)7-11-9-5-6-16(14,15)8-9/h5-6,9,11H,3-4,7-8H2,1-2H3. The van der Waals surface area contributed by atoms with Crippen LogP contribution in [0.2, 0.25) is 0 Å². The van der Waals surface area contributed by atoms with Gasteiger partial charge in [0.25, 0.3) is 0 Å². The number of carbonyl (C=O) groups is 1. The molecule has 0 saturated carbocycles. The van der Waals surface area contributed by atoms with Crippen molar-refractivity contribution in [3.63, 3.8) is 0 Å². The van der Waals surface area contributed by atoms with Gasteiger partial charge in [-0.05, 0) is 13.8 Å². The number of sulfone groups is 1. The Morgan fingerprint density at radius 1 is 1.44 bits per heavy atom. The highest BCUT2D eigenvalue weighted by molar-refractivity contribution is 7.94. The molecule has 1 unspecified atom stereocenters. The molecule has 0 saturated heterocycles. The summed E-state index contributed by atoms with van der Waals surface area (Å²) in [6.07, 6.45) is 1.59. The third-order valence-electron chi connectivity index (χ3n) is 2.56. The summed E-state index contributed by atoms with van der Waals surface area (Å²) in [4.78, 5) is 13.3. The molecule has 5 nitrogen and oxygen atoms in total. The number of hydrogen-bond donors (Lipinski definition) is 1. The number of nitrogens with zero attached hydrogens (tertiary/aromatic N) is 1. The van der Waals surface area contributed by atoms with Gasteiger partial charge in [-0.1, -0.05) is 6.08 Å². The maximum atomic E-state index is 11.6. The van der Waals surface area contributed by atoms with Crippen molar-refractivity contribution in [1.29, 1.82) is 0 Å². The van der Waals surface area contributed by atoms with Gasteiger partial charge >= 0.3 is 0 Å². The van der Waals surface area contributed by atoms with Crippen molar-refractivity contribution in [1.82, 2.24) is 10.2 Å². The first-order valence-electron chi connectivity index (χ1n) is 5.40. The molecule has 1 heterocycles. The zero-order valence-electron chi connectivity index (χ0n) is 9.64. The van der Waals surface area contributed by atoms with Crippen molar-refractivity contribution in [3.8, 4) is 0 Å². The Kier molecular flexibility index (Phi) is 4.49. The third kappa shape index (κ3) is 3.61. The molecule has 1 rings (SSSR count). The minimum absolute atomic E-state index is 0.00250. The van der Waals surface area contributed by atoms with Crippen LogP contribution in [-0.2, 0) is 14.6 Å². The van der Waals surface area contributed by atoms with Crippen molar-refractivity contribution in [2.24, 2.45) is 0 Å². The molecule has 1 amide bonds. The lowest BCUT2D eigenvalue weighted by atomic mass is 10.3. The molecule has 1 aliphatic rings. The summed E-state index contributed by atoms with van der Waals surface area (Å²) >= 11 is 0. The summed E-state index contributed by atoms with van der Waals surface area (Å²) in [5.74, 6) is 0.0566. The van der Waals surface area contributed by atoms with Crippen LogP contribution in [-0.4, -0.2) is 50.7 Å². The Bertz CT molecular complexity index is 372. The highest BCUT2D eigenvalue weighted by Gasteiger charge is 2.22. The second-order valence-electron chi connectivity index (χ2n) is 3.71. The summed E-state index contributed by atoms with van der Waals surface area (Å²) in [6, 6.07) is -0.232. The van der Waals surface area contributed by atoms with E-state index in [1.165, 1.54) is 5.41 Å². The van der Waals surface area contributed by atoms with Gasteiger partial charge in [-0.2, -0.15) is 0 Å². The van der Waals surface area contributed by atoms with E-state index >= 15 is 0 Å². The Morgan fingerprint density at radius 2 is 2.06 bits per heavy atom. The summed E-state index contributed by atoms with van der Waals surface area (Å²) in [5, 5.41) is 4.13. The molecule has 0 aromatic carbocycles. The van der Waals surface area contributed by atoms with E-state index in [2.05, 4.69) is 5.32 Å². The fourth-order valence-corrected chi connectivity index (χ4v) is 2.88. The number of nitrogens with one attached hydrogen (secondary N) is 1. The first-order chi connectivity index (χ1) is 7.48. The lowest BCUT2D eigenvalue weighted by Crippen LogP contribution is -2.41. The second-order valence-corrected chi connectivity index (χ2v) is 5.64. The molecule has 1 N–H and O–H groups in total. The first kappa shape index (κ1) is 13.2. The zero-order chi connectivity index (χ0) is 12.2. The first-order valence-corrected chi connectivity index (χ1v) is 7.12. The zero-order valence-corrected chi connectivity index (χ0v) is 10.5. The van der Waals surface area contributed by atoms with Gasteiger partial charge in [0.15, 0.2) is 9.84 Å². The molecule has 0 fully saturated rings. The van der Waals surface area contributed by atoms with E-state index in [0.29, 0.717) is 13.1 Å². The molecule has 1 atom stereocenters. The van der Waals surface area contributed by atoms with E-state index in [1.807, 2.05) is 13.8 Å². The number of hydrogen-bond acceptors (Lipinski definition) is 4. The van der Waals surface area contributed by atoms with Crippen molar-refractivity contribution in [3.05, 3.63) is 11.5 Å². The molecule has 0 radical (unpaired) electrons. The number of amides is 1. The number of carbonyl (C=O) groups excluding carboxylic acids is 1. The summed E-state index contributed by atoms with van der Waals surface area (Å²) < 4.78 is 22.2. The van der Waals surface area contributed by atoms with E-state index in [0.717, 1.165) is 0 Å². The van der Waals surface area contributed by atoms with Crippen molar-refractivity contribution in [2.45, 2.75) is 19.9 Å². The molecule has 0 aromatic heterocycles. The van der Waals surface area contributed by atoms with Gasteiger partial charge < -0.3 is 10.2 Å². The van der Waals surface area contributed by atoms with Gasteiger partial charge in [0.2, 0.25) is 5.91 Å². The predicted octanol–water partition coefficient (Wildman–Crippen LogP) is -0.245. The average molecular weight is 246 g/mol. The molecule has 0 aliphatic carbocycles. The van der Waals surface area contributed by atoms with Gasteiger partial charge in [-0.25, -0.2) is 8.42 Å². The van der Waals surface area contributed by atoms with Crippen molar-refractivity contribution < 1.29 is 13.2 Å². The molecular weight excluding hydrogens is 228 g/mol. The van der Waals surface area contributed by atoms with E-state index < -0.39 is 9.84 Å². The van der Waals surface area contributed by atoms with E-state index in [1.54, 1.807) is 11.0 Å². The quantitative estimate of drug-likeness (QED) is 0.727. The van der Waals surface area contributed by atoms with Crippen LogP contribution in [0, 0.1) is 0 Å². The average Bonchev–Trinajstić information content (AvgIpc) is 2.57. The van der Waals surface area contributed by atoms with Gasteiger partial charge in [0.1, 0.15) is 0 Å². The third-order valence-corrected chi connectivity index (χ3v) is 3.96. The van der Waals surface area contributed by atoms with E-state index in [4.69, 9.17) is 0 Å². The van der Waals surface area contributed by atoms with Crippen LogP contribution in [0.5, 0.6) is 0 Å². The monoisotopic (exact) mass is 246 g/mol. The SMILES string of the molecule is CCN(CC)C(=O)CNC1C=CS(=O)(=O)C1. The smallest absolute Gasteiger partial charge is 0.236 e. The minimum Gasteiger partial charge on any atom is -0.342 e. The number of rotatable bonds is 5. The topological polar surface area (TPSA) is 66.5 Å². The molecule has 16 heavy (non-hydrogen) atoms. The molecule has 0 bridgehead atoms. The van der Waals surface area contributed by atoms with Crippen LogP contribution in [0.15, 0.2) is 11.5 Å². The summed E-state index contributed by atoms with van der Waals surface area (Å²) in [6.45, 7) is 5.38. The Hall–Kier alpha value is -0.880. The van der Waals surface area contributed by atoms with Crippen LogP contribution in [0.3, 0.4) is 0 Å². The highest BCUT2D eigenvalue weighted by atomic mass is 32.2. The number of likely N-dealkylation sites (N-methyl/N-ethyl adjacent to an activating group) is 1. The largest absolute Gasteiger partial charge is 0.342 e. The van der Waals surface area contributed by atoms with Crippen LogP contribution in [0.1, 0.15) is 13.8 Å². The lowest BCUT2D eigenvalue weighted by Gasteiger charge is -2.19. The molecular formula is C10H18N2O3S. The Morgan fingerprint density at radius 3 is 2.50 bits per heavy atom. The molecule has 1 aliphatic heterocycles. The predicted molar refractivity (Wildman–Crippen MR) is 62.6 cm³/mol. The van der Waals surface area contributed by atoms with Gasteiger partial charge in [0, 0.05) is 24.5 Å². The van der Waals surface area contributed by atoms with E-state index in [9.17, 15) is 13.2 Å². The van der Waals surface area contributed by atoms with Gasteiger partial charge in [-0.3, -0.25) is 4.79 Å². The van der Waals surface area contributed by atoms with Gasteiger partial charge in [0.05, 0.1) is 12.3 Å². The minimum atomic E-state index is -3.04. The Balaban J connectivity index is 2.36. The van der Waals surface area contributed by atoms with Crippen molar-refractivity contribution in [2.75, 3.05) is 25.4 Å². The van der Waals surface area contributed by atoms with Crippen LogP contribution in [0.4, 0.5) is 0 Å². The van der Waals surface area contributed by atoms with Gasteiger partial charge in [-0.15, -0.1) is 0 Å². The fraction of sp³-hybridized carbons (Fsp3) is 0.700. The normalized spacial score (nSPS) is 22.2. The highest BCUT2D eigenvalue weighted by Crippen LogP contribution is 2.07. The van der Waals surface area contributed by atoms with Crippen LogP contribution < -0.4 is 5.32 Å². The lowest BCUT2D eigenvalue weighted by molar-refractivity contribution is -0.129. The molecule has 6 heteroatoms. The Labute approximate surface area is 96.4 Å². The van der Waals surface area contributed by atoms with Crippen LogP contribution >= 0.6 is 0 Å². The van der Waals surface area contributed by atoms with E-state index in [-0.39, 0.29) is 24.2 Å². The van der Waals surface area contributed by atoms with Crippen molar-refractivity contribution >= 4 is 15.7 Å². The second kappa shape index (κ2) is 5.45. The maximum absolute atomic E-state index is 11.6. The summed E-state index contributed by atoms with van der Waals surface area (Å²) in [7, 11) is -3.04. The maximum Gasteiger partial charge on any atom is 0.236 e.